The van der Waals surface area contributed by atoms with Gasteiger partial charge in [0, 0.05) is 15.6 Å². The number of halogens is 1. The van der Waals surface area contributed by atoms with E-state index in [4.69, 9.17) is 10.7 Å². The second-order valence-electron chi connectivity index (χ2n) is 3.86. The van der Waals surface area contributed by atoms with Crippen molar-refractivity contribution in [1.82, 2.24) is 14.9 Å². The zero-order chi connectivity index (χ0) is 15.0. The summed E-state index contributed by atoms with van der Waals surface area (Å²) >= 11 is 0.913. The lowest BCUT2D eigenvalue weighted by molar-refractivity contribution is 0.564. The molecule has 0 saturated heterocycles. The second-order valence-corrected chi connectivity index (χ2v) is 9.45. The van der Waals surface area contributed by atoms with Crippen LogP contribution in [-0.4, -0.2) is 27.0 Å². The van der Waals surface area contributed by atoms with Gasteiger partial charge in [-0.1, -0.05) is 0 Å². The van der Waals surface area contributed by atoms with Crippen molar-refractivity contribution in [2.24, 2.45) is 0 Å². The Hall–Kier alpha value is -0.940. The van der Waals surface area contributed by atoms with Crippen LogP contribution in [0.25, 0.3) is 0 Å². The van der Waals surface area contributed by atoms with E-state index >= 15 is 0 Å². The van der Waals surface area contributed by atoms with Gasteiger partial charge < -0.3 is 0 Å². The van der Waals surface area contributed by atoms with Gasteiger partial charge in [0.1, 0.15) is 4.21 Å². The molecule has 0 saturated carbocycles. The first-order chi connectivity index (χ1) is 9.20. The summed E-state index contributed by atoms with van der Waals surface area (Å²) in [5, 5.41) is 5.85. The van der Waals surface area contributed by atoms with Crippen molar-refractivity contribution in [3.63, 3.8) is 0 Å². The molecule has 0 aromatic carbocycles. The molecule has 7 nitrogen and oxygen atoms in total. The third-order valence-electron chi connectivity index (χ3n) is 2.37. The lowest BCUT2D eigenvalue weighted by Crippen LogP contribution is -2.26. The first-order valence-electron chi connectivity index (χ1n) is 5.26. The summed E-state index contributed by atoms with van der Waals surface area (Å²) in [6, 6.07) is 3.57. The van der Waals surface area contributed by atoms with Gasteiger partial charge in [-0.05, 0) is 25.1 Å². The fraction of sp³-hybridized carbons (Fsp3) is 0.222. The molecule has 11 heteroatoms. The number of hydrogen-bond acceptors (Lipinski definition) is 6. The summed E-state index contributed by atoms with van der Waals surface area (Å²) in [4.78, 5) is 0.535. The quantitative estimate of drug-likeness (QED) is 0.789. The van der Waals surface area contributed by atoms with Crippen molar-refractivity contribution in [3.8, 4) is 0 Å². The highest BCUT2D eigenvalue weighted by Gasteiger charge is 2.22. The van der Waals surface area contributed by atoms with Crippen LogP contribution in [0.15, 0.2) is 33.6 Å². The van der Waals surface area contributed by atoms with E-state index < -0.39 is 25.1 Å². The monoisotopic (exact) mass is 355 g/mol. The van der Waals surface area contributed by atoms with Crippen LogP contribution in [-0.2, 0) is 19.1 Å². The first-order valence-corrected chi connectivity index (χ1v) is 9.87. The van der Waals surface area contributed by atoms with E-state index in [0.29, 0.717) is 4.88 Å². The average Bonchev–Trinajstić information content (AvgIpc) is 3.00. The Morgan fingerprint density at radius 1 is 1.30 bits per heavy atom. The third-order valence-corrected chi connectivity index (χ3v) is 7.20. The van der Waals surface area contributed by atoms with Crippen LogP contribution in [0.3, 0.4) is 0 Å². The molecule has 0 aliphatic heterocycles. The molecule has 1 atom stereocenters. The Morgan fingerprint density at radius 2 is 2.00 bits per heavy atom. The Balaban J connectivity index is 2.21. The van der Waals surface area contributed by atoms with Gasteiger partial charge in [-0.3, -0.25) is 5.10 Å². The Bertz CT molecular complexity index is 795. The average molecular weight is 356 g/mol. The summed E-state index contributed by atoms with van der Waals surface area (Å²) in [5.41, 5.74) is 0. The number of rotatable bonds is 5. The van der Waals surface area contributed by atoms with E-state index in [2.05, 4.69) is 14.9 Å². The standard InChI is InChI=1S/C9H10ClN3O4S3/c1-6(7-2-3-9(18-7)19(10,14)15)13-20(16,17)8-4-5-11-12-8/h2-6,13H,1H3,(H,11,12). The molecular weight excluding hydrogens is 346 g/mol. The maximum Gasteiger partial charge on any atom is 0.270 e. The maximum absolute atomic E-state index is 12.0. The number of thiophene rings is 1. The van der Waals surface area contributed by atoms with Crippen molar-refractivity contribution in [1.29, 1.82) is 0 Å². The Kier molecular flexibility index (Phi) is 4.21. The highest BCUT2D eigenvalue weighted by atomic mass is 35.7. The van der Waals surface area contributed by atoms with Crippen LogP contribution in [0, 0.1) is 0 Å². The minimum atomic E-state index is -3.81. The molecular formula is C9H10ClN3O4S3. The first kappa shape index (κ1) is 15.4. The van der Waals surface area contributed by atoms with E-state index in [9.17, 15) is 16.8 Å². The lowest BCUT2D eigenvalue weighted by Gasteiger charge is -2.11. The third kappa shape index (κ3) is 3.38. The molecule has 0 aliphatic carbocycles. The predicted molar refractivity (Wildman–Crippen MR) is 74.7 cm³/mol. The summed E-state index contributed by atoms with van der Waals surface area (Å²) in [5.74, 6) is 0. The van der Waals surface area contributed by atoms with Gasteiger partial charge in [0.15, 0.2) is 5.03 Å². The summed E-state index contributed by atoms with van der Waals surface area (Å²) in [6.07, 6.45) is 1.32. The normalized spacial score (nSPS) is 14.3. The molecule has 0 bridgehead atoms. The maximum atomic E-state index is 12.0. The molecule has 2 aromatic rings. The van der Waals surface area contributed by atoms with Crippen molar-refractivity contribution in [2.75, 3.05) is 0 Å². The van der Waals surface area contributed by atoms with Crippen molar-refractivity contribution in [3.05, 3.63) is 29.3 Å². The number of hydrogen-bond donors (Lipinski definition) is 2. The molecule has 0 amide bonds. The SMILES string of the molecule is CC(NS(=O)(=O)c1ccn[nH]1)c1ccc(S(=O)(=O)Cl)s1. The number of nitrogens with one attached hydrogen (secondary N) is 2. The van der Waals surface area contributed by atoms with Crippen molar-refractivity contribution in [2.45, 2.75) is 22.2 Å². The molecule has 0 aliphatic rings. The van der Waals surface area contributed by atoms with Crippen LogP contribution in [0.1, 0.15) is 17.8 Å². The summed E-state index contributed by atoms with van der Waals surface area (Å²) in [7, 11) is -2.32. The molecule has 2 rings (SSSR count). The lowest BCUT2D eigenvalue weighted by atomic mass is 10.3. The molecule has 20 heavy (non-hydrogen) atoms. The molecule has 0 spiro atoms. The number of sulfonamides is 1. The minimum Gasteiger partial charge on any atom is -0.266 e. The topological polar surface area (TPSA) is 109 Å². The van der Waals surface area contributed by atoms with Gasteiger partial charge in [0.25, 0.3) is 19.1 Å². The summed E-state index contributed by atoms with van der Waals surface area (Å²) < 4.78 is 48.6. The van der Waals surface area contributed by atoms with Gasteiger partial charge in [0.2, 0.25) is 0 Å². The van der Waals surface area contributed by atoms with Gasteiger partial charge in [-0.15, -0.1) is 11.3 Å². The number of aromatic amines is 1. The number of nitrogens with zero attached hydrogens (tertiary/aromatic N) is 1. The molecule has 2 heterocycles. The number of aromatic nitrogens is 2. The smallest absolute Gasteiger partial charge is 0.266 e. The van der Waals surface area contributed by atoms with Crippen LogP contribution in [0.5, 0.6) is 0 Å². The van der Waals surface area contributed by atoms with E-state index in [-0.39, 0.29) is 9.24 Å². The van der Waals surface area contributed by atoms with Crippen LogP contribution in [0.2, 0.25) is 0 Å². The second kappa shape index (κ2) is 5.45. The fourth-order valence-corrected chi connectivity index (χ4v) is 4.75. The largest absolute Gasteiger partial charge is 0.270 e. The zero-order valence-corrected chi connectivity index (χ0v) is 13.3. The van der Waals surface area contributed by atoms with Gasteiger partial charge in [0.05, 0.1) is 12.2 Å². The minimum absolute atomic E-state index is 0.0262. The van der Waals surface area contributed by atoms with Crippen LogP contribution >= 0.6 is 22.0 Å². The highest BCUT2D eigenvalue weighted by Crippen LogP contribution is 2.29. The predicted octanol–water partition coefficient (Wildman–Crippen LogP) is 1.44. The van der Waals surface area contributed by atoms with E-state index in [0.717, 1.165) is 11.3 Å². The van der Waals surface area contributed by atoms with Crippen LogP contribution < -0.4 is 4.72 Å². The fourth-order valence-electron chi connectivity index (χ4n) is 1.45. The Labute approximate surface area is 124 Å². The summed E-state index contributed by atoms with van der Waals surface area (Å²) in [6.45, 7) is 1.60. The Morgan fingerprint density at radius 3 is 2.50 bits per heavy atom. The molecule has 0 radical (unpaired) electrons. The molecule has 0 fully saturated rings. The van der Waals surface area contributed by atoms with Crippen molar-refractivity contribution < 1.29 is 16.8 Å². The van der Waals surface area contributed by atoms with Crippen LogP contribution in [0.4, 0.5) is 0 Å². The molecule has 2 N–H and O–H groups in total. The molecule has 1 unspecified atom stereocenters. The van der Waals surface area contributed by atoms with E-state index in [1.807, 2.05) is 0 Å². The van der Waals surface area contributed by atoms with E-state index in [1.54, 1.807) is 6.92 Å². The van der Waals surface area contributed by atoms with E-state index in [1.165, 1.54) is 24.4 Å². The zero-order valence-electron chi connectivity index (χ0n) is 10.1. The van der Waals surface area contributed by atoms with Gasteiger partial charge >= 0.3 is 0 Å². The van der Waals surface area contributed by atoms with Gasteiger partial charge in [-0.2, -0.15) is 5.10 Å². The molecule has 110 valence electrons. The van der Waals surface area contributed by atoms with Gasteiger partial charge in [-0.25, -0.2) is 21.6 Å². The molecule has 2 aromatic heterocycles. The highest BCUT2D eigenvalue weighted by molar-refractivity contribution is 8.15. The van der Waals surface area contributed by atoms with Crippen molar-refractivity contribution >= 4 is 41.1 Å². The number of H-pyrrole nitrogens is 1.